The van der Waals surface area contributed by atoms with Crippen LogP contribution in [0.5, 0.6) is 0 Å². The van der Waals surface area contributed by atoms with Gasteiger partial charge in [-0.05, 0) is 35.0 Å². The maximum absolute atomic E-state index is 11.9. The second-order valence-electron chi connectivity index (χ2n) is 3.26. The maximum Gasteiger partial charge on any atom is 0.307 e. The predicted octanol–water partition coefficient (Wildman–Crippen LogP) is 2.93. The van der Waals surface area contributed by atoms with Crippen LogP contribution in [0.15, 0.2) is 26.1 Å². The normalized spacial score (nSPS) is 10.6. The fraction of sp³-hybridized carbons (Fsp3) is 0.200. The lowest BCUT2D eigenvalue weighted by Gasteiger charge is -2.01. The third-order valence-corrected chi connectivity index (χ3v) is 4.67. The molecule has 6 heteroatoms. The number of carbonyl (C=O) groups is 1. The molecule has 0 radical (unpaired) electrons. The lowest BCUT2D eigenvalue weighted by molar-refractivity contribution is 0.0974. The number of rotatable bonds is 3. The largest absolute Gasteiger partial charge is 0.307 e. The molecular weight excluding hydrogens is 310 g/mol. The Hall–Kier alpha value is -0.720. The number of hydrogen-bond acceptors (Lipinski definition) is 4. The monoisotopic (exact) mass is 317 g/mol. The third-order valence-electron chi connectivity index (χ3n) is 2.13. The van der Waals surface area contributed by atoms with E-state index in [1.807, 2.05) is 13.0 Å². The van der Waals surface area contributed by atoms with Crippen LogP contribution in [0.25, 0.3) is 0 Å². The SMILES string of the molecule is Cc1csc(=O)n1CC(=O)c1ccc(Br)s1. The summed E-state index contributed by atoms with van der Waals surface area (Å²) in [6, 6.07) is 3.60. The zero-order valence-corrected chi connectivity index (χ0v) is 11.6. The summed E-state index contributed by atoms with van der Waals surface area (Å²) in [6.07, 6.45) is 0. The van der Waals surface area contributed by atoms with Gasteiger partial charge in [-0.25, -0.2) is 0 Å². The van der Waals surface area contributed by atoms with Crippen LogP contribution in [0.4, 0.5) is 0 Å². The van der Waals surface area contributed by atoms with E-state index in [0.717, 1.165) is 20.8 Å². The summed E-state index contributed by atoms with van der Waals surface area (Å²) in [5.41, 5.74) is 0.832. The van der Waals surface area contributed by atoms with Crippen molar-refractivity contribution in [2.45, 2.75) is 13.5 Å². The van der Waals surface area contributed by atoms with Gasteiger partial charge in [0.2, 0.25) is 0 Å². The van der Waals surface area contributed by atoms with E-state index < -0.39 is 0 Å². The molecule has 84 valence electrons. The molecule has 0 aliphatic carbocycles. The van der Waals surface area contributed by atoms with Crippen molar-refractivity contribution in [1.29, 1.82) is 0 Å². The first-order valence-corrected chi connectivity index (χ1v) is 7.00. The van der Waals surface area contributed by atoms with Crippen LogP contribution in [0.3, 0.4) is 0 Å². The quantitative estimate of drug-likeness (QED) is 0.816. The van der Waals surface area contributed by atoms with Crippen LogP contribution in [-0.4, -0.2) is 10.4 Å². The van der Waals surface area contributed by atoms with Crippen LogP contribution in [0.1, 0.15) is 15.4 Å². The van der Waals surface area contributed by atoms with Gasteiger partial charge in [-0.3, -0.25) is 14.2 Å². The van der Waals surface area contributed by atoms with Crippen molar-refractivity contribution in [1.82, 2.24) is 4.57 Å². The Labute approximate surface area is 108 Å². The van der Waals surface area contributed by atoms with Gasteiger partial charge < -0.3 is 0 Å². The standard InChI is InChI=1S/C10H8BrNO2S2/c1-6-5-15-10(14)12(6)4-7(13)8-2-3-9(11)16-8/h2-3,5H,4H2,1H3. The van der Waals surface area contributed by atoms with Gasteiger partial charge in [0.05, 0.1) is 15.2 Å². The summed E-state index contributed by atoms with van der Waals surface area (Å²) in [6.45, 7) is 1.95. The minimum absolute atomic E-state index is 0.0284. The highest BCUT2D eigenvalue weighted by atomic mass is 79.9. The number of ketones is 1. The number of aryl methyl sites for hydroxylation is 1. The number of thiophene rings is 1. The molecule has 0 bridgehead atoms. The smallest absolute Gasteiger partial charge is 0.296 e. The van der Waals surface area contributed by atoms with Crippen LogP contribution in [0.2, 0.25) is 0 Å². The minimum Gasteiger partial charge on any atom is -0.296 e. The Morgan fingerprint density at radius 3 is 2.75 bits per heavy atom. The molecule has 2 heterocycles. The summed E-state index contributed by atoms with van der Waals surface area (Å²) < 4.78 is 2.42. The minimum atomic E-state index is -0.0820. The molecule has 0 fully saturated rings. The first-order chi connectivity index (χ1) is 7.58. The van der Waals surface area contributed by atoms with Crippen molar-refractivity contribution in [3.63, 3.8) is 0 Å². The second kappa shape index (κ2) is 4.65. The van der Waals surface area contributed by atoms with E-state index in [0.29, 0.717) is 4.88 Å². The fourth-order valence-electron chi connectivity index (χ4n) is 1.28. The Balaban J connectivity index is 2.23. The zero-order valence-electron chi connectivity index (χ0n) is 8.40. The van der Waals surface area contributed by atoms with Crippen molar-refractivity contribution in [2.24, 2.45) is 0 Å². The molecule has 0 N–H and O–H groups in total. The van der Waals surface area contributed by atoms with E-state index in [9.17, 15) is 9.59 Å². The van der Waals surface area contributed by atoms with E-state index >= 15 is 0 Å². The molecule has 0 spiro atoms. The molecule has 2 rings (SSSR count). The van der Waals surface area contributed by atoms with Gasteiger partial charge in [-0.1, -0.05) is 11.3 Å². The van der Waals surface area contributed by atoms with Crippen LogP contribution in [-0.2, 0) is 6.54 Å². The van der Waals surface area contributed by atoms with Gasteiger partial charge in [0.15, 0.2) is 5.78 Å². The number of carbonyl (C=O) groups excluding carboxylic acids is 1. The molecule has 0 aliphatic rings. The fourth-order valence-corrected chi connectivity index (χ4v) is 3.33. The van der Waals surface area contributed by atoms with Crippen molar-refractivity contribution in [2.75, 3.05) is 0 Å². The Kier molecular flexibility index (Phi) is 3.41. The molecule has 0 aromatic carbocycles. The topological polar surface area (TPSA) is 39.1 Å². The molecular formula is C10H8BrNO2S2. The zero-order chi connectivity index (χ0) is 11.7. The van der Waals surface area contributed by atoms with Crippen molar-refractivity contribution in [3.8, 4) is 0 Å². The third kappa shape index (κ3) is 2.34. The van der Waals surface area contributed by atoms with Crippen molar-refractivity contribution < 1.29 is 4.79 Å². The van der Waals surface area contributed by atoms with Crippen molar-refractivity contribution >= 4 is 44.4 Å². The van der Waals surface area contributed by atoms with Crippen LogP contribution >= 0.6 is 38.6 Å². The van der Waals surface area contributed by atoms with E-state index in [1.54, 1.807) is 11.4 Å². The highest BCUT2D eigenvalue weighted by molar-refractivity contribution is 9.11. The molecule has 0 aliphatic heterocycles. The van der Waals surface area contributed by atoms with E-state index in [-0.39, 0.29) is 17.2 Å². The molecule has 16 heavy (non-hydrogen) atoms. The Morgan fingerprint density at radius 2 is 2.25 bits per heavy atom. The number of halogens is 1. The predicted molar refractivity (Wildman–Crippen MR) is 69.7 cm³/mol. The van der Waals surface area contributed by atoms with Gasteiger partial charge in [-0.2, -0.15) is 0 Å². The van der Waals surface area contributed by atoms with E-state index in [2.05, 4.69) is 15.9 Å². The summed E-state index contributed by atoms with van der Waals surface area (Å²) in [4.78, 5) is 23.9. The molecule has 0 atom stereocenters. The van der Waals surface area contributed by atoms with Gasteiger partial charge in [0.1, 0.15) is 0 Å². The summed E-state index contributed by atoms with van der Waals surface area (Å²) in [5, 5.41) is 1.76. The average Bonchev–Trinajstić information content (AvgIpc) is 2.79. The number of hydrogen-bond donors (Lipinski definition) is 0. The van der Waals surface area contributed by atoms with Crippen LogP contribution in [0, 0.1) is 6.92 Å². The van der Waals surface area contributed by atoms with E-state index in [4.69, 9.17) is 0 Å². The highest BCUT2D eigenvalue weighted by Crippen LogP contribution is 2.22. The molecule has 2 aromatic heterocycles. The molecule has 0 saturated heterocycles. The number of Topliss-reactive ketones (excluding diaryl/α,β-unsaturated/α-hetero) is 1. The van der Waals surface area contributed by atoms with Gasteiger partial charge in [-0.15, -0.1) is 11.3 Å². The Morgan fingerprint density at radius 1 is 1.50 bits per heavy atom. The maximum atomic E-state index is 11.9. The lowest BCUT2D eigenvalue weighted by atomic mass is 10.3. The van der Waals surface area contributed by atoms with Crippen LogP contribution < -0.4 is 4.87 Å². The lowest BCUT2D eigenvalue weighted by Crippen LogP contribution is -2.20. The first kappa shape index (κ1) is 11.8. The van der Waals surface area contributed by atoms with Gasteiger partial charge >= 0.3 is 4.87 Å². The Bertz CT molecular complexity index is 582. The highest BCUT2D eigenvalue weighted by Gasteiger charge is 2.12. The van der Waals surface area contributed by atoms with Crippen molar-refractivity contribution in [3.05, 3.63) is 41.5 Å². The second-order valence-corrected chi connectivity index (χ2v) is 6.54. The molecule has 0 unspecified atom stereocenters. The first-order valence-electron chi connectivity index (χ1n) is 4.51. The summed E-state index contributed by atoms with van der Waals surface area (Å²) in [5.74, 6) is -0.0284. The summed E-state index contributed by atoms with van der Waals surface area (Å²) in [7, 11) is 0. The molecule has 0 saturated carbocycles. The molecule has 2 aromatic rings. The molecule has 3 nitrogen and oxygen atoms in total. The number of nitrogens with zero attached hydrogens (tertiary/aromatic N) is 1. The van der Waals surface area contributed by atoms with E-state index in [1.165, 1.54) is 15.9 Å². The number of aromatic nitrogens is 1. The van der Waals surface area contributed by atoms with Gasteiger partial charge in [0.25, 0.3) is 0 Å². The average molecular weight is 318 g/mol. The van der Waals surface area contributed by atoms with Gasteiger partial charge in [0, 0.05) is 11.1 Å². The summed E-state index contributed by atoms with van der Waals surface area (Å²) >= 11 is 5.81. The number of thiazole rings is 1. The molecule has 0 amide bonds.